The normalized spacial score (nSPS) is 12.8. The standard InChI is InChI=1S/C17H24N4O2S/c1-17(2,3)19-9-12(22)10-23-15-6-4-11(18)8-13(15)14-5-7-16(24)21-20-14/h4-8,12,19,22H,9-10,18H2,1-3H3,(H,21,24). The molecule has 24 heavy (non-hydrogen) atoms. The Morgan fingerprint density at radius 1 is 1.33 bits per heavy atom. The van der Waals surface area contributed by atoms with Crippen molar-refractivity contribution in [3.63, 3.8) is 0 Å². The van der Waals surface area contributed by atoms with Gasteiger partial charge in [0.15, 0.2) is 0 Å². The number of H-pyrrole nitrogens is 1. The fourth-order valence-corrected chi connectivity index (χ4v) is 2.15. The van der Waals surface area contributed by atoms with Gasteiger partial charge in [0.2, 0.25) is 0 Å². The number of ether oxygens (including phenoxy) is 1. The highest BCUT2D eigenvalue weighted by Gasteiger charge is 2.14. The molecule has 0 aliphatic carbocycles. The summed E-state index contributed by atoms with van der Waals surface area (Å²) in [6, 6.07) is 8.88. The zero-order valence-electron chi connectivity index (χ0n) is 14.2. The van der Waals surface area contributed by atoms with Gasteiger partial charge in [-0.1, -0.05) is 12.2 Å². The number of aliphatic hydroxyl groups excluding tert-OH is 1. The Hall–Kier alpha value is -1.96. The van der Waals surface area contributed by atoms with Gasteiger partial charge in [0.1, 0.15) is 23.1 Å². The van der Waals surface area contributed by atoms with E-state index in [-0.39, 0.29) is 12.1 Å². The van der Waals surface area contributed by atoms with Crippen LogP contribution >= 0.6 is 12.2 Å². The molecule has 0 saturated heterocycles. The molecule has 0 aliphatic heterocycles. The number of aliphatic hydroxyl groups is 1. The van der Waals surface area contributed by atoms with Gasteiger partial charge in [0, 0.05) is 23.3 Å². The number of aromatic nitrogens is 2. The number of aromatic amines is 1. The van der Waals surface area contributed by atoms with Crippen LogP contribution in [0, 0.1) is 4.64 Å². The lowest BCUT2D eigenvalue weighted by atomic mass is 10.1. The Morgan fingerprint density at radius 3 is 2.71 bits per heavy atom. The van der Waals surface area contributed by atoms with Crippen molar-refractivity contribution in [1.29, 1.82) is 0 Å². The first-order valence-corrected chi connectivity index (χ1v) is 8.17. The van der Waals surface area contributed by atoms with E-state index >= 15 is 0 Å². The van der Waals surface area contributed by atoms with Crippen LogP contribution in [-0.4, -0.2) is 40.1 Å². The van der Waals surface area contributed by atoms with Crippen LogP contribution in [-0.2, 0) is 0 Å². The van der Waals surface area contributed by atoms with Gasteiger partial charge in [0.25, 0.3) is 0 Å². The zero-order valence-corrected chi connectivity index (χ0v) is 15.0. The summed E-state index contributed by atoms with van der Waals surface area (Å²) < 4.78 is 6.33. The van der Waals surface area contributed by atoms with E-state index in [0.717, 1.165) is 5.56 Å². The van der Waals surface area contributed by atoms with Crippen LogP contribution in [0.15, 0.2) is 30.3 Å². The molecule has 130 valence electrons. The number of hydrogen-bond acceptors (Lipinski definition) is 6. The van der Waals surface area contributed by atoms with Gasteiger partial charge in [-0.3, -0.25) is 5.10 Å². The van der Waals surface area contributed by atoms with Crippen LogP contribution in [0.3, 0.4) is 0 Å². The predicted octanol–water partition coefficient (Wildman–Crippen LogP) is 2.52. The Kier molecular flexibility index (Phi) is 5.93. The highest BCUT2D eigenvalue weighted by Crippen LogP contribution is 2.30. The molecule has 0 spiro atoms. The summed E-state index contributed by atoms with van der Waals surface area (Å²) in [7, 11) is 0. The molecule has 0 amide bonds. The van der Waals surface area contributed by atoms with Gasteiger partial charge >= 0.3 is 0 Å². The average Bonchev–Trinajstić information content (AvgIpc) is 2.52. The SMILES string of the molecule is CC(C)(C)NCC(O)COc1ccc(N)cc1-c1ccc(=S)[nH]n1. The number of nitrogens with one attached hydrogen (secondary N) is 2. The summed E-state index contributed by atoms with van der Waals surface area (Å²) in [6.07, 6.45) is -0.621. The minimum Gasteiger partial charge on any atom is -0.490 e. The Morgan fingerprint density at radius 2 is 2.08 bits per heavy atom. The maximum atomic E-state index is 10.1. The van der Waals surface area contributed by atoms with Gasteiger partial charge in [0.05, 0.1) is 5.69 Å². The van der Waals surface area contributed by atoms with Crippen LogP contribution < -0.4 is 15.8 Å². The highest BCUT2D eigenvalue weighted by molar-refractivity contribution is 7.71. The molecule has 0 radical (unpaired) electrons. The first-order chi connectivity index (χ1) is 11.2. The number of nitrogens with two attached hydrogens (primary N) is 1. The number of benzene rings is 1. The van der Waals surface area contributed by atoms with Crippen molar-refractivity contribution in [2.75, 3.05) is 18.9 Å². The lowest BCUT2D eigenvalue weighted by molar-refractivity contribution is 0.100. The smallest absolute Gasteiger partial charge is 0.129 e. The largest absolute Gasteiger partial charge is 0.490 e. The van der Waals surface area contributed by atoms with Crippen molar-refractivity contribution in [3.05, 3.63) is 35.0 Å². The second-order valence-corrected chi connectivity index (χ2v) is 7.10. The van der Waals surface area contributed by atoms with E-state index in [1.165, 1.54) is 0 Å². The van der Waals surface area contributed by atoms with Gasteiger partial charge in [-0.05, 0) is 51.1 Å². The third kappa shape index (κ3) is 5.59. The lowest BCUT2D eigenvalue weighted by Crippen LogP contribution is -2.42. The summed E-state index contributed by atoms with van der Waals surface area (Å²) in [6.45, 7) is 6.75. The van der Waals surface area contributed by atoms with E-state index in [1.54, 1.807) is 30.3 Å². The number of anilines is 1. The summed E-state index contributed by atoms with van der Waals surface area (Å²) >= 11 is 5.01. The molecule has 1 atom stereocenters. The number of rotatable bonds is 6. The van der Waals surface area contributed by atoms with Crippen molar-refractivity contribution >= 4 is 17.9 Å². The molecule has 6 nitrogen and oxygen atoms in total. The van der Waals surface area contributed by atoms with Crippen LogP contribution in [0.5, 0.6) is 5.75 Å². The van der Waals surface area contributed by atoms with E-state index in [2.05, 4.69) is 15.5 Å². The van der Waals surface area contributed by atoms with Crippen LogP contribution in [0.1, 0.15) is 20.8 Å². The monoisotopic (exact) mass is 348 g/mol. The summed E-state index contributed by atoms with van der Waals surface area (Å²) in [5, 5.41) is 20.3. The molecule has 5 N–H and O–H groups in total. The molecule has 0 saturated carbocycles. The van der Waals surface area contributed by atoms with Crippen molar-refractivity contribution in [3.8, 4) is 17.0 Å². The number of β-amino-alcohol motifs (C(OH)–C–C–N with tert-alkyl or cyclic N) is 1. The fourth-order valence-electron chi connectivity index (χ4n) is 2.04. The number of nitrogen functional groups attached to an aromatic ring is 1. The van der Waals surface area contributed by atoms with Crippen molar-refractivity contribution in [1.82, 2.24) is 15.5 Å². The van der Waals surface area contributed by atoms with Gasteiger partial charge in [-0.15, -0.1) is 0 Å². The molecule has 2 aromatic rings. The molecule has 2 rings (SSSR count). The van der Waals surface area contributed by atoms with Gasteiger partial charge in [-0.2, -0.15) is 5.10 Å². The molecule has 1 unspecified atom stereocenters. The minimum absolute atomic E-state index is 0.0565. The Labute approximate surface area is 147 Å². The minimum atomic E-state index is -0.621. The Balaban J connectivity index is 2.10. The van der Waals surface area contributed by atoms with Crippen molar-refractivity contribution < 1.29 is 9.84 Å². The summed E-state index contributed by atoms with van der Waals surface area (Å²) in [5.41, 5.74) is 7.85. The maximum Gasteiger partial charge on any atom is 0.129 e. The summed E-state index contributed by atoms with van der Waals surface area (Å²) in [4.78, 5) is 0. The average molecular weight is 348 g/mol. The predicted molar refractivity (Wildman–Crippen MR) is 98.5 cm³/mol. The molecule has 1 heterocycles. The van der Waals surface area contributed by atoms with Crippen LogP contribution in [0.25, 0.3) is 11.3 Å². The lowest BCUT2D eigenvalue weighted by Gasteiger charge is -2.23. The topological polar surface area (TPSA) is 96.2 Å². The Bertz CT molecular complexity index is 720. The fraction of sp³-hybridized carbons (Fsp3) is 0.412. The third-order valence-electron chi connectivity index (χ3n) is 3.26. The number of hydrogen-bond donors (Lipinski definition) is 4. The summed E-state index contributed by atoms with van der Waals surface area (Å²) in [5.74, 6) is 0.608. The molecule has 1 aromatic heterocycles. The first-order valence-electron chi connectivity index (χ1n) is 7.76. The molecule has 0 fully saturated rings. The first kappa shape index (κ1) is 18.4. The van der Waals surface area contributed by atoms with E-state index in [1.807, 2.05) is 20.8 Å². The van der Waals surface area contributed by atoms with Crippen LogP contribution in [0.2, 0.25) is 0 Å². The maximum absolute atomic E-state index is 10.1. The van der Waals surface area contributed by atoms with Crippen molar-refractivity contribution in [2.24, 2.45) is 0 Å². The van der Waals surface area contributed by atoms with Crippen LogP contribution in [0.4, 0.5) is 5.69 Å². The third-order valence-corrected chi connectivity index (χ3v) is 3.49. The molecule has 0 bridgehead atoms. The zero-order chi connectivity index (χ0) is 17.7. The van der Waals surface area contributed by atoms with Crippen molar-refractivity contribution in [2.45, 2.75) is 32.4 Å². The van der Waals surface area contributed by atoms with E-state index < -0.39 is 6.10 Å². The molecular formula is C17H24N4O2S. The van der Waals surface area contributed by atoms with Gasteiger partial charge < -0.3 is 20.9 Å². The molecule has 7 heteroatoms. The number of nitrogens with zero attached hydrogens (tertiary/aromatic N) is 1. The second-order valence-electron chi connectivity index (χ2n) is 6.66. The molecule has 1 aromatic carbocycles. The quantitative estimate of drug-likeness (QED) is 0.473. The van der Waals surface area contributed by atoms with Gasteiger partial charge in [-0.25, -0.2) is 0 Å². The van der Waals surface area contributed by atoms with E-state index in [4.69, 9.17) is 22.7 Å². The van der Waals surface area contributed by atoms with E-state index in [9.17, 15) is 5.11 Å². The van der Waals surface area contributed by atoms with E-state index in [0.29, 0.717) is 28.3 Å². The molecular weight excluding hydrogens is 324 g/mol. The second kappa shape index (κ2) is 7.74. The highest BCUT2D eigenvalue weighted by atomic mass is 32.1. The molecule has 0 aliphatic rings.